The number of ether oxygens (including phenoxy) is 1. The van der Waals surface area contributed by atoms with Gasteiger partial charge < -0.3 is 13.6 Å². The fourth-order valence-corrected chi connectivity index (χ4v) is 3.02. The SMILES string of the molecule is COc1ccc2c(c1)oc(=O)c1c3c(oc12)CCCC3. The molecule has 4 nitrogen and oxygen atoms in total. The first-order valence-electron chi connectivity index (χ1n) is 6.83. The number of aryl methyl sites for hydroxylation is 2. The Morgan fingerprint density at radius 1 is 1.15 bits per heavy atom. The summed E-state index contributed by atoms with van der Waals surface area (Å²) in [6.45, 7) is 0. The predicted octanol–water partition coefficient (Wildman–Crippen LogP) is 3.43. The maximum atomic E-state index is 12.3. The molecule has 4 heteroatoms. The van der Waals surface area contributed by atoms with Crippen molar-refractivity contribution in [1.29, 1.82) is 0 Å². The van der Waals surface area contributed by atoms with Gasteiger partial charge in [0.15, 0.2) is 5.58 Å². The van der Waals surface area contributed by atoms with Crippen LogP contribution in [0.15, 0.2) is 31.8 Å². The smallest absolute Gasteiger partial charge is 0.347 e. The van der Waals surface area contributed by atoms with Crippen LogP contribution in [0.3, 0.4) is 0 Å². The predicted molar refractivity (Wildman–Crippen MR) is 75.5 cm³/mol. The topological polar surface area (TPSA) is 52.6 Å². The Labute approximate surface area is 114 Å². The third-order valence-electron chi connectivity index (χ3n) is 4.01. The van der Waals surface area contributed by atoms with Crippen molar-refractivity contribution in [3.05, 3.63) is 39.9 Å². The molecule has 0 aliphatic heterocycles. The maximum absolute atomic E-state index is 12.3. The lowest BCUT2D eigenvalue weighted by Crippen LogP contribution is -2.04. The molecule has 102 valence electrons. The fraction of sp³-hybridized carbons (Fsp3) is 0.312. The molecule has 0 radical (unpaired) electrons. The minimum Gasteiger partial charge on any atom is -0.497 e. The summed E-state index contributed by atoms with van der Waals surface area (Å²) < 4.78 is 16.6. The van der Waals surface area contributed by atoms with Crippen LogP contribution in [0.2, 0.25) is 0 Å². The van der Waals surface area contributed by atoms with Crippen molar-refractivity contribution >= 4 is 21.9 Å². The summed E-state index contributed by atoms with van der Waals surface area (Å²) >= 11 is 0. The quantitative estimate of drug-likeness (QED) is 0.636. The van der Waals surface area contributed by atoms with Gasteiger partial charge in [-0.25, -0.2) is 4.79 Å². The Hall–Kier alpha value is -2.23. The van der Waals surface area contributed by atoms with Crippen molar-refractivity contribution in [3.8, 4) is 5.75 Å². The van der Waals surface area contributed by atoms with E-state index in [2.05, 4.69) is 0 Å². The Balaban J connectivity index is 2.14. The zero-order valence-corrected chi connectivity index (χ0v) is 11.2. The first-order chi connectivity index (χ1) is 9.78. The fourth-order valence-electron chi connectivity index (χ4n) is 3.02. The van der Waals surface area contributed by atoms with E-state index in [0.29, 0.717) is 22.3 Å². The molecule has 2 aromatic heterocycles. The lowest BCUT2D eigenvalue weighted by molar-refractivity contribution is 0.414. The molecule has 0 spiro atoms. The van der Waals surface area contributed by atoms with Crippen LogP contribution >= 0.6 is 0 Å². The monoisotopic (exact) mass is 270 g/mol. The summed E-state index contributed by atoms with van der Waals surface area (Å²) in [7, 11) is 1.59. The van der Waals surface area contributed by atoms with Gasteiger partial charge in [0, 0.05) is 18.1 Å². The van der Waals surface area contributed by atoms with E-state index in [0.717, 1.165) is 42.4 Å². The van der Waals surface area contributed by atoms with E-state index in [-0.39, 0.29) is 5.63 Å². The Morgan fingerprint density at radius 2 is 2.00 bits per heavy atom. The summed E-state index contributed by atoms with van der Waals surface area (Å²) in [5.41, 5.74) is 1.89. The second kappa shape index (κ2) is 4.13. The molecule has 0 fully saturated rings. The van der Waals surface area contributed by atoms with E-state index >= 15 is 0 Å². The average molecular weight is 270 g/mol. The minimum absolute atomic E-state index is 0.312. The van der Waals surface area contributed by atoms with Gasteiger partial charge in [0.1, 0.15) is 22.5 Å². The van der Waals surface area contributed by atoms with E-state index in [4.69, 9.17) is 13.6 Å². The van der Waals surface area contributed by atoms with Gasteiger partial charge in [-0.15, -0.1) is 0 Å². The molecule has 1 aliphatic carbocycles. The lowest BCUT2D eigenvalue weighted by atomic mass is 9.96. The normalized spacial score (nSPS) is 14.7. The van der Waals surface area contributed by atoms with Gasteiger partial charge >= 0.3 is 5.63 Å². The van der Waals surface area contributed by atoms with E-state index in [1.165, 1.54) is 0 Å². The van der Waals surface area contributed by atoms with Crippen LogP contribution in [0.4, 0.5) is 0 Å². The molecular weight excluding hydrogens is 256 g/mol. The number of rotatable bonds is 1. The van der Waals surface area contributed by atoms with E-state index in [1.54, 1.807) is 13.2 Å². The number of hydrogen-bond acceptors (Lipinski definition) is 4. The van der Waals surface area contributed by atoms with E-state index in [9.17, 15) is 4.79 Å². The van der Waals surface area contributed by atoms with Crippen molar-refractivity contribution in [3.63, 3.8) is 0 Å². The molecule has 0 atom stereocenters. The van der Waals surface area contributed by atoms with E-state index < -0.39 is 0 Å². The molecule has 0 unspecified atom stereocenters. The Morgan fingerprint density at radius 3 is 2.85 bits per heavy atom. The van der Waals surface area contributed by atoms with Crippen LogP contribution in [-0.4, -0.2) is 7.11 Å². The van der Waals surface area contributed by atoms with Crippen LogP contribution < -0.4 is 10.4 Å². The minimum atomic E-state index is -0.312. The van der Waals surface area contributed by atoms with Crippen molar-refractivity contribution < 1.29 is 13.6 Å². The van der Waals surface area contributed by atoms with E-state index in [1.807, 2.05) is 12.1 Å². The van der Waals surface area contributed by atoms with Crippen LogP contribution in [0.5, 0.6) is 5.75 Å². The lowest BCUT2D eigenvalue weighted by Gasteiger charge is -2.07. The van der Waals surface area contributed by atoms with Gasteiger partial charge in [-0.05, 0) is 31.4 Å². The highest BCUT2D eigenvalue weighted by atomic mass is 16.5. The maximum Gasteiger partial charge on any atom is 0.347 e. The molecule has 2 heterocycles. The number of furan rings is 1. The van der Waals surface area contributed by atoms with Crippen LogP contribution in [0.25, 0.3) is 21.9 Å². The summed E-state index contributed by atoms with van der Waals surface area (Å²) in [6.07, 6.45) is 4.02. The highest BCUT2D eigenvalue weighted by Crippen LogP contribution is 2.34. The molecule has 1 aromatic carbocycles. The van der Waals surface area contributed by atoms with Crippen molar-refractivity contribution in [2.24, 2.45) is 0 Å². The Kier molecular flexibility index (Phi) is 2.39. The molecular formula is C16H14O4. The number of fused-ring (bicyclic) bond motifs is 5. The van der Waals surface area contributed by atoms with Crippen molar-refractivity contribution in [1.82, 2.24) is 0 Å². The molecule has 0 saturated carbocycles. The van der Waals surface area contributed by atoms with Gasteiger partial charge in [0.05, 0.1) is 12.5 Å². The third-order valence-corrected chi connectivity index (χ3v) is 4.01. The molecule has 0 N–H and O–H groups in total. The molecule has 20 heavy (non-hydrogen) atoms. The summed E-state index contributed by atoms with van der Waals surface area (Å²) in [6, 6.07) is 5.45. The van der Waals surface area contributed by atoms with Crippen LogP contribution in [-0.2, 0) is 12.8 Å². The van der Waals surface area contributed by atoms with Gasteiger partial charge in [0.25, 0.3) is 0 Å². The molecule has 0 saturated heterocycles. The first kappa shape index (κ1) is 11.6. The standard InChI is InChI=1S/C16H14O4/c1-18-9-6-7-11-13(8-9)20-16(17)14-10-4-2-3-5-12(10)19-15(11)14/h6-8H,2-5H2,1H3. The summed E-state index contributed by atoms with van der Waals surface area (Å²) in [4.78, 5) is 12.3. The molecule has 0 amide bonds. The number of benzene rings is 1. The van der Waals surface area contributed by atoms with Crippen LogP contribution in [0, 0.1) is 0 Å². The van der Waals surface area contributed by atoms with Gasteiger partial charge in [-0.3, -0.25) is 0 Å². The second-order valence-corrected chi connectivity index (χ2v) is 5.17. The molecule has 1 aliphatic rings. The zero-order chi connectivity index (χ0) is 13.7. The highest BCUT2D eigenvalue weighted by molar-refractivity contribution is 6.02. The molecule has 4 rings (SSSR count). The zero-order valence-electron chi connectivity index (χ0n) is 11.2. The molecule has 0 bridgehead atoms. The van der Waals surface area contributed by atoms with Gasteiger partial charge in [-0.1, -0.05) is 0 Å². The summed E-state index contributed by atoms with van der Waals surface area (Å²) in [5.74, 6) is 1.61. The third kappa shape index (κ3) is 1.51. The van der Waals surface area contributed by atoms with Gasteiger partial charge in [-0.2, -0.15) is 0 Å². The highest BCUT2D eigenvalue weighted by Gasteiger charge is 2.22. The number of methoxy groups -OCH3 is 1. The summed E-state index contributed by atoms with van der Waals surface area (Å²) in [5, 5.41) is 1.45. The Bertz CT molecular complexity index is 869. The number of hydrogen-bond donors (Lipinski definition) is 0. The van der Waals surface area contributed by atoms with Crippen LogP contribution in [0.1, 0.15) is 24.2 Å². The van der Waals surface area contributed by atoms with Gasteiger partial charge in [0.2, 0.25) is 0 Å². The molecule has 3 aromatic rings. The largest absolute Gasteiger partial charge is 0.497 e. The van der Waals surface area contributed by atoms with Crippen molar-refractivity contribution in [2.45, 2.75) is 25.7 Å². The van der Waals surface area contributed by atoms with Crippen molar-refractivity contribution in [2.75, 3.05) is 7.11 Å². The first-order valence-corrected chi connectivity index (χ1v) is 6.83. The average Bonchev–Trinajstić information content (AvgIpc) is 2.86. The second-order valence-electron chi connectivity index (χ2n) is 5.17.